The molecule has 4 rings (SSSR count). The number of hydrogen-bond donors (Lipinski definition) is 3. The van der Waals surface area contributed by atoms with Crippen LogP contribution in [0.2, 0.25) is 0 Å². The molecule has 1 aliphatic rings. The van der Waals surface area contributed by atoms with E-state index in [9.17, 15) is 27.2 Å². The Balaban J connectivity index is 1.65. The Morgan fingerprint density at radius 2 is 1.78 bits per heavy atom. The van der Waals surface area contributed by atoms with Crippen molar-refractivity contribution in [1.82, 2.24) is 15.2 Å². The van der Waals surface area contributed by atoms with Gasteiger partial charge >= 0.3 is 6.18 Å². The van der Waals surface area contributed by atoms with Crippen molar-refractivity contribution in [2.24, 2.45) is 0 Å². The van der Waals surface area contributed by atoms with Crippen LogP contribution in [0.5, 0.6) is 0 Å². The number of benzene rings is 2. The second-order valence-corrected chi connectivity index (χ2v) is 8.96. The normalized spacial score (nSPS) is 15.9. The zero-order valence-electron chi connectivity index (χ0n) is 20.1. The van der Waals surface area contributed by atoms with Crippen molar-refractivity contribution < 1.29 is 27.2 Å². The van der Waals surface area contributed by atoms with E-state index in [1.54, 1.807) is 12.1 Å². The third kappa shape index (κ3) is 6.42. The van der Waals surface area contributed by atoms with Gasteiger partial charge in [0.2, 0.25) is 0 Å². The summed E-state index contributed by atoms with van der Waals surface area (Å²) in [7, 11) is 1.95. The molecule has 0 aliphatic carbocycles. The molecule has 0 unspecified atom stereocenters. The highest BCUT2D eigenvalue weighted by atomic mass is 19.4. The molecule has 1 aliphatic heterocycles. The number of hydrogen-bond acceptors (Lipinski definition) is 5. The van der Waals surface area contributed by atoms with Crippen LogP contribution in [-0.4, -0.2) is 47.9 Å². The van der Waals surface area contributed by atoms with Crippen molar-refractivity contribution in [3.63, 3.8) is 0 Å². The van der Waals surface area contributed by atoms with Crippen LogP contribution in [0.4, 0.5) is 34.8 Å². The Labute approximate surface area is 210 Å². The van der Waals surface area contributed by atoms with Crippen LogP contribution in [0.25, 0.3) is 0 Å². The monoisotopic (exact) mass is 515 g/mol. The first-order valence-electron chi connectivity index (χ1n) is 11.5. The van der Waals surface area contributed by atoms with Crippen molar-refractivity contribution in [2.45, 2.75) is 25.6 Å². The minimum absolute atomic E-state index is 0.0438. The van der Waals surface area contributed by atoms with Crippen molar-refractivity contribution in [2.75, 3.05) is 30.8 Å². The third-order valence-corrected chi connectivity index (χ3v) is 6.01. The fraction of sp³-hybridized carbons (Fsp3) is 0.269. The molecule has 37 heavy (non-hydrogen) atoms. The van der Waals surface area contributed by atoms with Gasteiger partial charge in [-0.2, -0.15) is 13.2 Å². The Kier molecular flexibility index (Phi) is 7.44. The number of alkyl halides is 3. The summed E-state index contributed by atoms with van der Waals surface area (Å²) in [5, 5.41) is 8.47. The third-order valence-electron chi connectivity index (χ3n) is 6.01. The van der Waals surface area contributed by atoms with Gasteiger partial charge in [-0.15, -0.1) is 0 Å². The molecular weight excluding hydrogens is 490 g/mol. The number of halogens is 4. The van der Waals surface area contributed by atoms with Gasteiger partial charge in [0.15, 0.2) is 5.82 Å². The number of carbonyl (C=O) groups is 2. The van der Waals surface area contributed by atoms with Crippen molar-refractivity contribution >= 4 is 29.0 Å². The second-order valence-electron chi connectivity index (χ2n) is 8.96. The summed E-state index contributed by atoms with van der Waals surface area (Å²) < 4.78 is 53.3. The maximum Gasteiger partial charge on any atom is 0.416 e. The lowest BCUT2D eigenvalue weighted by Gasteiger charge is -2.17. The number of likely N-dealkylation sites (tertiary alicyclic amines) is 1. The van der Waals surface area contributed by atoms with E-state index >= 15 is 0 Å². The average Bonchev–Trinajstić information content (AvgIpc) is 3.24. The molecule has 0 bridgehead atoms. The highest BCUT2D eigenvalue weighted by Crippen LogP contribution is 2.31. The first kappa shape index (κ1) is 26.1. The zero-order chi connectivity index (χ0) is 26.7. The summed E-state index contributed by atoms with van der Waals surface area (Å²) in [4.78, 5) is 32.1. The van der Waals surface area contributed by atoms with E-state index < -0.39 is 34.9 Å². The van der Waals surface area contributed by atoms with Crippen molar-refractivity contribution in [3.05, 3.63) is 82.8 Å². The molecule has 1 aromatic heterocycles. The molecule has 2 heterocycles. The van der Waals surface area contributed by atoms with Gasteiger partial charge in [-0.25, -0.2) is 9.37 Å². The quantitative estimate of drug-likeness (QED) is 0.404. The van der Waals surface area contributed by atoms with E-state index in [0.29, 0.717) is 30.4 Å². The van der Waals surface area contributed by atoms with Crippen LogP contribution in [0.15, 0.2) is 54.7 Å². The molecule has 2 amide bonds. The number of pyridine rings is 1. The van der Waals surface area contributed by atoms with E-state index in [1.807, 2.05) is 26.1 Å². The highest BCUT2D eigenvalue weighted by Gasteiger charge is 2.32. The number of aromatic nitrogens is 1. The minimum atomic E-state index is -4.83. The molecule has 0 radical (unpaired) electrons. The SMILES string of the molecule is Cc1ccccc1Nc1ncc(C(=O)N[C@H]2CCN(C)C2)cc1NC(=O)c1cc(F)cc(C(F)(F)F)c1. The van der Waals surface area contributed by atoms with Gasteiger partial charge in [0.25, 0.3) is 11.8 Å². The number of anilines is 3. The molecule has 194 valence electrons. The zero-order valence-corrected chi connectivity index (χ0v) is 20.1. The fourth-order valence-electron chi connectivity index (χ4n) is 4.02. The smallest absolute Gasteiger partial charge is 0.348 e. The van der Waals surface area contributed by atoms with Gasteiger partial charge < -0.3 is 20.9 Å². The first-order valence-corrected chi connectivity index (χ1v) is 11.5. The number of likely N-dealkylation sites (N-methyl/N-ethyl adjacent to an activating group) is 1. The lowest BCUT2D eigenvalue weighted by molar-refractivity contribution is -0.137. The molecule has 2 aromatic carbocycles. The number of aryl methyl sites for hydroxylation is 1. The Morgan fingerprint density at radius 1 is 1.03 bits per heavy atom. The van der Waals surface area contributed by atoms with Crippen molar-refractivity contribution in [3.8, 4) is 0 Å². The van der Waals surface area contributed by atoms with E-state index in [4.69, 9.17) is 0 Å². The number of amides is 2. The van der Waals surface area contributed by atoms with Crippen LogP contribution >= 0.6 is 0 Å². The summed E-state index contributed by atoms with van der Waals surface area (Å²) >= 11 is 0. The highest BCUT2D eigenvalue weighted by molar-refractivity contribution is 6.07. The van der Waals surface area contributed by atoms with Crippen molar-refractivity contribution in [1.29, 1.82) is 0 Å². The molecule has 0 saturated carbocycles. The number of nitrogens with zero attached hydrogens (tertiary/aromatic N) is 2. The van der Waals surface area contributed by atoms with Gasteiger partial charge in [-0.05, 0) is 62.8 Å². The molecule has 3 aromatic rings. The maximum atomic E-state index is 13.9. The molecule has 7 nitrogen and oxygen atoms in total. The maximum absolute atomic E-state index is 13.9. The largest absolute Gasteiger partial charge is 0.416 e. The summed E-state index contributed by atoms with van der Waals surface area (Å²) in [6.45, 7) is 3.39. The van der Waals surface area contributed by atoms with E-state index in [0.717, 1.165) is 18.5 Å². The number of carbonyl (C=O) groups excluding carboxylic acids is 2. The Bertz CT molecular complexity index is 1330. The van der Waals surface area contributed by atoms with Crippen LogP contribution in [0.3, 0.4) is 0 Å². The molecule has 3 N–H and O–H groups in total. The Morgan fingerprint density at radius 3 is 2.46 bits per heavy atom. The van der Waals surface area contributed by atoms with Gasteiger partial charge in [-0.1, -0.05) is 18.2 Å². The number of nitrogens with one attached hydrogen (secondary N) is 3. The second kappa shape index (κ2) is 10.6. The lowest BCUT2D eigenvalue weighted by Crippen LogP contribution is -2.36. The van der Waals surface area contributed by atoms with Gasteiger partial charge in [0, 0.05) is 30.0 Å². The molecule has 0 spiro atoms. The van der Waals surface area contributed by atoms with E-state index in [-0.39, 0.29) is 23.1 Å². The molecule has 1 saturated heterocycles. The minimum Gasteiger partial charge on any atom is -0.348 e. The van der Waals surface area contributed by atoms with Crippen LogP contribution in [0.1, 0.15) is 38.3 Å². The van der Waals surface area contributed by atoms with Crippen LogP contribution < -0.4 is 16.0 Å². The molecule has 1 atom stereocenters. The predicted octanol–water partition coefficient (Wildman–Crippen LogP) is 4.98. The van der Waals surface area contributed by atoms with Gasteiger partial charge in [0.1, 0.15) is 5.82 Å². The summed E-state index contributed by atoms with van der Waals surface area (Å²) in [6, 6.07) is 10.2. The summed E-state index contributed by atoms with van der Waals surface area (Å²) in [5.74, 6) is -2.44. The van der Waals surface area contributed by atoms with E-state index in [2.05, 4.69) is 25.8 Å². The van der Waals surface area contributed by atoms with Crippen LogP contribution in [0, 0.1) is 12.7 Å². The average molecular weight is 516 g/mol. The fourth-order valence-corrected chi connectivity index (χ4v) is 4.02. The molecule has 11 heteroatoms. The number of rotatable bonds is 6. The predicted molar refractivity (Wildman–Crippen MR) is 131 cm³/mol. The lowest BCUT2D eigenvalue weighted by atomic mass is 10.1. The molecular formula is C26H25F4N5O2. The van der Waals surface area contributed by atoms with E-state index in [1.165, 1.54) is 12.3 Å². The molecule has 1 fully saturated rings. The van der Waals surface area contributed by atoms with Gasteiger partial charge in [0.05, 0.1) is 16.8 Å². The summed E-state index contributed by atoms with van der Waals surface area (Å²) in [6.07, 6.45) is -2.70. The van der Waals surface area contributed by atoms with Gasteiger partial charge in [-0.3, -0.25) is 9.59 Å². The number of para-hydroxylation sites is 1. The Hall–Kier alpha value is -3.99. The first-order chi connectivity index (χ1) is 17.5. The standard InChI is InChI=1S/C26H25F4N5O2/c1-15-5-3-4-6-21(15)33-23-22(11-17(13-31-23)25(37)32-20-7-8-35(2)14-20)34-24(36)16-9-18(26(28,29)30)12-19(27)10-16/h3-6,9-13,20H,7-8,14H2,1-2H3,(H,31,33)(H,32,37)(H,34,36)/t20-/m0/s1. The van der Waals surface area contributed by atoms with Crippen LogP contribution in [-0.2, 0) is 6.18 Å². The topological polar surface area (TPSA) is 86.4 Å². The summed E-state index contributed by atoms with van der Waals surface area (Å²) in [5.41, 5.74) is -0.0881.